The molecule has 13 heavy (non-hydrogen) atoms. The van der Waals surface area contributed by atoms with E-state index in [4.69, 9.17) is 4.74 Å². The predicted molar refractivity (Wildman–Crippen MR) is 55.1 cm³/mol. The third kappa shape index (κ3) is 2.02. The van der Waals surface area contributed by atoms with Crippen LogP contribution in [0.15, 0.2) is 24.3 Å². The number of halogens is 1. The van der Waals surface area contributed by atoms with Crippen LogP contribution in [0.25, 0.3) is 0 Å². The quantitative estimate of drug-likeness (QED) is 0.746. The molecular weight excluding hydrogens is 186 g/mol. The van der Waals surface area contributed by atoms with Crippen LogP contribution in [0.4, 0.5) is 0 Å². The molecule has 0 aliphatic carbocycles. The first kappa shape index (κ1) is 10.5. The van der Waals surface area contributed by atoms with Crippen molar-refractivity contribution in [3.8, 4) is 0 Å². The minimum Gasteiger partial charge on any atom is -0.375 e. The molecular formula is C10H14ClNO. The van der Waals surface area contributed by atoms with Gasteiger partial charge in [0.05, 0.1) is 6.10 Å². The molecule has 0 amide bonds. The zero-order valence-corrected chi connectivity index (χ0v) is 8.43. The second-order valence-electron chi connectivity index (χ2n) is 3.05. The number of fused-ring (bicyclic) bond motifs is 1. The van der Waals surface area contributed by atoms with Crippen molar-refractivity contribution in [2.75, 3.05) is 13.7 Å². The summed E-state index contributed by atoms with van der Waals surface area (Å²) in [5.74, 6) is 0. The van der Waals surface area contributed by atoms with Crippen molar-refractivity contribution < 1.29 is 4.74 Å². The topological polar surface area (TPSA) is 21.3 Å². The van der Waals surface area contributed by atoms with Gasteiger partial charge >= 0.3 is 0 Å². The van der Waals surface area contributed by atoms with Crippen LogP contribution < -0.4 is 5.32 Å². The number of hydrogen-bond donors (Lipinski definition) is 1. The molecule has 1 heterocycles. The molecule has 0 aromatic heterocycles. The van der Waals surface area contributed by atoms with Crippen LogP contribution in [0.3, 0.4) is 0 Å². The molecule has 1 N–H and O–H groups in total. The van der Waals surface area contributed by atoms with Gasteiger partial charge < -0.3 is 10.1 Å². The highest BCUT2D eigenvalue weighted by atomic mass is 35.5. The van der Waals surface area contributed by atoms with E-state index in [0.717, 1.165) is 13.1 Å². The SMILES string of the molecule is COC1CNCc2ccccc21.Cl. The predicted octanol–water partition coefficient (Wildman–Crippen LogP) is 1.90. The molecule has 72 valence electrons. The minimum absolute atomic E-state index is 0. The Labute approximate surface area is 84.7 Å². The van der Waals surface area contributed by atoms with E-state index in [-0.39, 0.29) is 18.5 Å². The first-order chi connectivity index (χ1) is 5.92. The molecule has 0 fully saturated rings. The van der Waals surface area contributed by atoms with Gasteiger partial charge in [-0.1, -0.05) is 24.3 Å². The lowest BCUT2D eigenvalue weighted by atomic mass is 9.99. The molecule has 0 spiro atoms. The first-order valence-corrected chi connectivity index (χ1v) is 4.23. The summed E-state index contributed by atoms with van der Waals surface area (Å²) in [5.41, 5.74) is 2.69. The summed E-state index contributed by atoms with van der Waals surface area (Å²) < 4.78 is 5.36. The number of methoxy groups -OCH3 is 1. The smallest absolute Gasteiger partial charge is 0.0948 e. The molecule has 3 heteroatoms. The highest BCUT2D eigenvalue weighted by Gasteiger charge is 2.17. The van der Waals surface area contributed by atoms with Crippen LogP contribution in [0, 0.1) is 0 Å². The lowest BCUT2D eigenvalue weighted by molar-refractivity contribution is 0.0955. The van der Waals surface area contributed by atoms with Crippen LogP contribution in [0.5, 0.6) is 0 Å². The lowest BCUT2D eigenvalue weighted by Crippen LogP contribution is -2.28. The minimum atomic E-state index is 0. The van der Waals surface area contributed by atoms with E-state index >= 15 is 0 Å². The Hall–Kier alpha value is -0.570. The lowest BCUT2D eigenvalue weighted by Gasteiger charge is -2.24. The molecule has 1 aliphatic rings. The molecule has 1 aromatic rings. The summed E-state index contributed by atoms with van der Waals surface area (Å²) in [6.07, 6.45) is 0.231. The third-order valence-electron chi connectivity index (χ3n) is 2.33. The second kappa shape index (κ2) is 4.61. The maximum atomic E-state index is 5.36. The Balaban J connectivity index is 0.000000845. The highest BCUT2D eigenvalue weighted by Crippen LogP contribution is 2.23. The Kier molecular flexibility index (Phi) is 3.72. The van der Waals surface area contributed by atoms with Crippen LogP contribution >= 0.6 is 12.4 Å². The fraction of sp³-hybridized carbons (Fsp3) is 0.400. The normalized spacial score (nSPS) is 20.2. The highest BCUT2D eigenvalue weighted by molar-refractivity contribution is 5.85. The maximum Gasteiger partial charge on any atom is 0.0948 e. The van der Waals surface area contributed by atoms with Crippen molar-refractivity contribution in [1.29, 1.82) is 0 Å². The van der Waals surface area contributed by atoms with E-state index in [1.165, 1.54) is 11.1 Å². The van der Waals surface area contributed by atoms with Gasteiger partial charge in [-0.2, -0.15) is 0 Å². The number of ether oxygens (including phenoxy) is 1. The fourth-order valence-corrected chi connectivity index (χ4v) is 1.67. The Morgan fingerprint density at radius 1 is 1.38 bits per heavy atom. The molecule has 2 nitrogen and oxygen atoms in total. The van der Waals surface area contributed by atoms with E-state index in [1.807, 2.05) is 0 Å². The van der Waals surface area contributed by atoms with E-state index in [2.05, 4.69) is 29.6 Å². The molecule has 0 bridgehead atoms. The Bertz CT molecular complexity index is 277. The van der Waals surface area contributed by atoms with Gasteiger partial charge in [0.2, 0.25) is 0 Å². The van der Waals surface area contributed by atoms with Crippen molar-refractivity contribution >= 4 is 12.4 Å². The third-order valence-corrected chi connectivity index (χ3v) is 2.33. The van der Waals surface area contributed by atoms with Gasteiger partial charge in [0.25, 0.3) is 0 Å². The monoisotopic (exact) mass is 199 g/mol. The van der Waals surface area contributed by atoms with Crippen molar-refractivity contribution in [1.82, 2.24) is 5.32 Å². The first-order valence-electron chi connectivity index (χ1n) is 4.23. The van der Waals surface area contributed by atoms with Crippen LogP contribution in [-0.2, 0) is 11.3 Å². The molecule has 0 radical (unpaired) electrons. The Morgan fingerprint density at radius 3 is 2.92 bits per heavy atom. The average molecular weight is 200 g/mol. The fourth-order valence-electron chi connectivity index (χ4n) is 1.67. The van der Waals surface area contributed by atoms with Crippen LogP contribution in [-0.4, -0.2) is 13.7 Å². The summed E-state index contributed by atoms with van der Waals surface area (Å²) in [7, 11) is 1.76. The van der Waals surface area contributed by atoms with Gasteiger partial charge in [-0.15, -0.1) is 12.4 Å². The second-order valence-corrected chi connectivity index (χ2v) is 3.05. The van der Waals surface area contributed by atoms with Crippen molar-refractivity contribution in [3.63, 3.8) is 0 Å². The summed E-state index contributed by atoms with van der Waals surface area (Å²) >= 11 is 0. The molecule has 0 saturated carbocycles. The van der Waals surface area contributed by atoms with Gasteiger partial charge in [0.1, 0.15) is 0 Å². The number of benzene rings is 1. The van der Waals surface area contributed by atoms with Gasteiger partial charge in [0, 0.05) is 20.2 Å². The molecule has 1 unspecified atom stereocenters. The van der Waals surface area contributed by atoms with Crippen molar-refractivity contribution in [3.05, 3.63) is 35.4 Å². The van der Waals surface area contributed by atoms with Crippen LogP contribution in [0.2, 0.25) is 0 Å². The maximum absolute atomic E-state index is 5.36. The standard InChI is InChI=1S/C10H13NO.ClH/c1-12-10-7-11-6-8-4-2-3-5-9(8)10;/h2-5,10-11H,6-7H2,1H3;1H. The van der Waals surface area contributed by atoms with E-state index in [0.29, 0.717) is 0 Å². The van der Waals surface area contributed by atoms with Gasteiger partial charge in [-0.05, 0) is 11.1 Å². The number of rotatable bonds is 1. The van der Waals surface area contributed by atoms with E-state index in [1.54, 1.807) is 7.11 Å². The molecule has 0 saturated heterocycles. The molecule has 2 rings (SSSR count). The largest absolute Gasteiger partial charge is 0.375 e. The van der Waals surface area contributed by atoms with Gasteiger partial charge in [-0.3, -0.25) is 0 Å². The van der Waals surface area contributed by atoms with Crippen molar-refractivity contribution in [2.24, 2.45) is 0 Å². The van der Waals surface area contributed by atoms with E-state index in [9.17, 15) is 0 Å². The van der Waals surface area contributed by atoms with Crippen molar-refractivity contribution in [2.45, 2.75) is 12.6 Å². The summed E-state index contributed by atoms with van der Waals surface area (Å²) in [4.78, 5) is 0. The van der Waals surface area contributed by atoms with Crippen LogP contribution in [0.1, 0.15) is 17.2 Å². The summed E-state index contributed by atoms with van der Waals surface area (Å²) in [6, 6.07) is 8.42. The molecule has 1 aliphatic heterocycles. The molecule has 1 atom stereocenters. The zero-order valence-electron chi connectivity index (χ0n) is 7.62. The van der Waals surface area contributed by atoms with Gasteiger partial charge in [0.15, 0.2) is 0 Å². The zero-order chi connectivity index (χ0) is 8.39. The van der Waals surface area contributed by atoms with E-state index < -0.39 is 0 Å². The number of nitrogens with one attached hydrogen (secondary N) is 1. The number of hydrogen-bond acceptors (Lipinski definition) is 2. The van der Waals surface area contributed by atoms with Gasteiger partial charge in [-0.25, -0.2) is 0 Å². The summed E-state index contributed by atoms with van der Waals surface area (Å²) in [5, 5.41) is 3.32. The summed E-state index contributed by atoms with van der Waals surface area (Å²) in [6.45, 7) is 1.89. The Morgan fingerprint density at radius 2 is 2.15 bits per heavy atom. The molecule has 1 aromatic carbocycles. The average Bonchev–Trinajstić information content (AvgIpc) is 2.17.